The van der Waals surface area contributed by atoms with Crippen molar-refractivity contribution in [2.24, 2.45) is 0 Å². The molecule has 0 saturated carbocycles. The van der Waals surface area contributed by atoms with Gasteiger partial charge in [-0.3, -0.25) is 9.59 Å². The lowest BCUT2D eigenvalue weighted by atomic mass is 9.94. The van der Waals surface area contributed by atoms with E-state index in [2.05, 4.69) is 45.7 Å². The molecule has 3 nitrogen and oxygen atoms in total. The van der Waals surface area contributed by atoms with E-state index in [1.807, 2.05) is 6.08 Å². The van der Waals surface area contributed by atoms with Gasteiger partial charge in [-0.1, -0.05) is 44.6 Å². The Morgan fingerprint density at radius 1 is 1.33 bits per heavy atom. The largest absolute Gasteiger partial charge is 0.375 e. The van der Waals surface area contributed by atoms with Crippen LogP contribution in [0.2, 0.25) is 0 Å². The second-order valence-corrected chi connectivity index (χ2v) is 5.47. The second-order valence-electron chi connectivity index (χ2n) is 5.47. The van der Waals surface area contributed by atoms with Crippen molar-refractivity contribution >= 4 is 5.69 Å². The van der Waals surface area contributed by atoms with Gasteiger partial charge in [0, 0.05) is 6.07 Å². The summed E-state index contributed by atoms with van der Waals surface area (Å²) in [6.45, 7) is 12.2. The Bertz CT molecular complexity index is 624. The lowest BCUT2D eigenvalue weighted by Gasteiger charge is -2.23. The third kappa shape index (κ3) is 4.28. The fourth-order valence-corrected chi connectivity index (χ4v) is 2.30. The molecule has 1 aromatic carbocycles. The highest BCUT2D eigenvalue weighted by molar-refractivity contribution is 5.51. The zero-order chi connectivity index (χ0) is 16.0. The Morgan fingerprint density at radius 2 is 2.00 bits per heavy atom. The van der Waals surface area contributed by atoms with Crippen molar-refractivity contribution in [2.45, 2.75) is 53.0 Å². The molecule has 1 N–H and O–H groups in total. The minimum Gasteiger partial charge on any atom is -0.375 e. The third-order valence-electron chi connectivity index (χ3n) is 3.62. The van der Waals surface area contributed by atoms with Gasteiger partial charge in [-0.05, 0) is 37.8 Å². The molecule has 1 aromatic rings. The molecule has 21 heavy (non-hydrogen) atoms. The molecule has 0 aliphatic rings. The van der Waals surface area contributed by atoms with E-state index < -0.39 is 10.9 Å². The predicted octanol–water partition coefficient (Wildman–Crippen LogP) is 3.72. The molecule has 0 aromatic heterocycles. The number of hydrogen-bond acceptors (Lipinski definition) is 3. The van der Waals surface area contributed by atoms with Gasteiger partial charge in [0.05, 0.1) is 11.7 Å². The Kier molecular flexibility index (Phi) is 6.35. The van der Waals surface area contributed by atoms with Crippen molar-refractivity contribution in [1.82, 2.24) is 0 Å². The number of nitrogens with one attached hydrogen (secondary N) is 1. The average Bonchev–Trinajstić information content (AvgIpc) is 2.47. The molecule has 0 radical (unpaired) electrons. The van der Waals surface area contributed by atoms with Crippen LogP contribution < -0.4 is 16.2 Å². The van der Waals surface area contributed by atoms with Crippen LogP contribution in [0.25, 0.3) is 0 Å². The fourth-order valence-electron chi connectivity index (χ4n) is 2.30. The molecule has 1 unspecified atom stereocenters. The first-order valence-corrected chi connectivity index (χ1v) is 7.51. The summed E-state index contributed by atoms with van der Waals surface area (Å²) in [7, 11) is 0. The van der Waals surface area contributed by atoms with Crippen molar-refractivity contribution in [3.63, 3.8) is 0 Å². The van der Waals surface area contributed by atoms with Gasteiger partial charge >= 0.3 is 0 Å². The van der Waals surface area contributed by atoms with E-state index in [9.17, 15) is 9.59 Å². The summed E-state index contributed by atoms with van der Waals surface area (Å²) in [5, 5.41) is 3.22. The molecule has 0 bridgehead atoms. The van der Waals surface area contributed by atoms with E-state index in [1.165, 1.54) is 22.8 Å². The van der Waals surface area contributed by atoms with Crippen molar-refractivity contribution < 1.29 is 0 Å². The molecular formula is C18H25NO2. The van der Waals surface area contributed by atoms with E-state index in [0.717, 1.165) is 19.3 Å². The van der Waals surface area contributed by atoms with Gasteiger partial charge in [-0.25, -0.2) is 0 Å². The van der Waals surface area contributed by atoms with Crippen molar-refractivity contribution in [3.05, 3.63) is 62.0 Å². The van der Waals surface area contributed by atoms with Gasteiger partial charge in [0.1, 0.15) is 0 Å². The summed E-state index contributed by atoms with van der Waals surface area (Å²) in [4.78, 5) is 22.6. The van der Waals surface area contributed by atoms with E-state index in [0.29, 0.717) is 5.69 Å². The van der Waals surface area contributed by atoms with Crippen LogP contribution in [0.1, 0.15) is 47.0 Å². The minimum absolute atomic E-state index is 0.0461. The molecule has 1 atom stereocenters. The Morgan fingerprint density at radius 3 is 2.38 bits per heavy atom. The minimum atomic E-state index is -0.414. The van der Waals surface area contributed by atoms with Gasteiger partial charge in [0.2, 0.25) is 10.9 Å². The van der Waals surface area contributed by atoms with Gasteiger partial charge < -0.3 is 5.32 Å². The number of allylic oxidation sites excluding steroid dienone is 3. The van der Waals surface area contributed by atoms with E-state index in [1.54, 1.807) is 0 Å². The first-order valence-electron chi connectivity index (χ1n) is 7.51. The first kappa shape index (κ1) is 17.2. The van der Waals surface area contributed by atoms with Crippen LogP contribution >= 0.6 is 0 Å². The molecule has 114 valence electrons. The van der Waals surface area contributed by atoms with Crippen molar-refractivity contribution in [1.29, 1.82) is 0 Å². The Balaban J connectivity index is 3.11. The molecule has 3 heteroatoms. The number of hydrogen-bond donors (Lipinski definition) is 1. The lowest BCUT2D eigenvalue weighted by molar-refractivity contribution is 0.713. The van der Waals surface area contributed by atoms with Gasteiger partial charge in [0.25, 0.3) is 0 Å². The molecule has 0 amide bonds. The maximum Gasteiger partial charge on any atom is 0.248 e. The highest BCUT2D eigenvalue weighted by atomic mass is 16.2. The highest BCUT2D eigenvalue weighted by Crippen LogP contribution is 2.21. The Hall–Kier alpha value is -1.90. The molecule has 0 heterocycles. The molecule has 0 spiro atoms. The standard InChI is InChI=1S/C18H25NO2/c1-6-9-15(19-16-11-17(20)18(16)21)14(12(4)5)10-13(7-2)8-3/h7,10-11,15,19H,2,6,8-9H2,1,3-5H3/b13-10+. The Labute approximate surface area is 126 Å². The quantitative estimate of drug-likeness (QED) is 0.585. The van der Waals surface area contributed by atoms with E-state index in [-0.39, 0.29) is 6.04 Å². The second kappa shape index (κ2) is 7.77. The van der Waals surface area contributed by atoms with Crippen molar-refractivity contribution in [2.75, 3.05) is 5.32 Å². The average molecular weight is 287 g/mol. The van der Waals surface area contributed by atoms with Crippen LogP contribution in [-0.4, -0.2) is 6.04 Å². The zero-order valence-corrected chi connectivity index (χ0v) is 13.5. The van der Waals surface area contributed by atoms with Gasteiger partial charge in [-0.15, -0.1) is 0 Å². The molecule has 0 fully saturated rings. The molecule has 0 saturated heterocycles. The summed E-state index contributed by atoms with van der Waals surface area (Å²) in [6.07, 6.45) is 6.82. The molecule has 0 aliphatic carbocycles. The van der Waals surface area contributed by atoms with Crippen LogP contribution in [0.15, 0.2) is 51.1 Å². The maximum atomic E-state index is 11.5. The van der Waals surface area contributed by atoms with Crippen LogP contribution in [-0.2, 0) is 0 Å². The molecule has 1 rings (SSSR count). The first-order chi connectivity index (χ1) is 9.94. The van der Waals surface area contributed by atoms with E-state index in [4.69, 9.17) is 0 Å². The summed E-state index contributed by atoms with van der Waals surface area (Å²) in [6, 6.07) is 1.43. The van der Waals surface area contributed by atoms with Gasteiger partial charge in [-0.2, -0.15) is 0 Å². The summed E-state index contributed by atoms with van der Waals surface area (Å²) >= 11 is 0. The van der Waals surface area contributed by atoms with Crippen LogP contribution in [0.3, 0.4) is 0 Å². The lowest BCUT2D eigenvalue weighted by Crippen LogP contribution is -2.36. The maximum absolute atomic E-state index is 11.5. The fraction of sp³-hybridized carbons (Fsp3) is 0.444. The van der Waals surface area contributed by atoms with Crippen LogP contribution in [0.5, 0.6) is 0 Å². The zero-order valence-electron chi connectivity index (χ0n) is 13.5. The monoisotopic (exact) mass is 287 g/mol. The summed E-state index contributed by atoms with van der Waals surface area (Å²) in [5.41, 5.74) is 3.14. The van der Waals surface area contributed by atoms with Crippen LogP contribution in [0.4, 0.5) is 5.69 Å². The SMILES string of the molecule is C=C/C(=C\C(=C(C)C)C(CCC)Nc1cc(=O)c1=O)CC. The molecular weight excluding hydrogens is 262 g/mol. The van der Waals surface area contributed by atoms with Crippen molar-refractivity contribution in [3.8, 4) is 0 Å². The van der Waals surface area contributed by atoms with Crippen LogP contribution in [0, 0.1) is 0 Å². The summed E-state index contributed by atoms with van der Waals surface area (Å²) < 4.78 is 0. The van der Waals surface area contributed by atoms with Gasteiger partial charge in [0.15, 0.2) is 0 Å². The predicted molar refractivity (Wildman–Crippen MR) is 90.6 cm³/mol. The smallest absolute Gasteiger partial charge is 0.248 e. The third-order valence-corrected chi connectivity index (χ3v) is 3.62. The normalized spacial score (nSPS) is 13.0. The highest BCUT2D eigenvalue weighted by Gasteiger charge is 2.18. The number of anilines is 1. The molecule has 0 aliphatic heterocycles. The summed E-state index contributed by atoms with van der Waals surface area (Å²) in [5.74, 6) is 0. The van der Waals surface area contributed by atoms with E-state index >= 15 is 0 Å². The topological polar surface area (TPSA) is 46.2 Å². The number of rotatable bonds is 8.